The summed E-state index contributed by atoms with van der Waals surface area (Å²) in [6, 6.07) is 4.89. The fraction of sp³-hybridized carbons (Fsp3) is 0.375. The zero-order chi connectivity index (χ0) is 20.1. The first-order valence-electron chi connectivity index (χ1n) is 6.92. The van der Waals surface area contributed by atoms with Gasteiger partial charge in [0, 0.05) is 11.1 Å². The molecular formula is C16H10F9O. The van der Waals surface area contributed by atoms with Crippen molar-refractivity contribution in [2.45, 2.75) is 37.8 Å². The molecule has 0 bridgehead atoms. The first kappa shape index (κ1) is 20.2. The molecule has 2 rings (SSSR count). The van der Waals surface area contributed by atoms with E-state index in [9.17, 15) is 39.5 Å². The molecule has 1 unspecified atom stereocenters. The minimum absolute atomic E-state index is 0.253. The van der Waals surface area contributed by atoms with E-state index in [1.54, 1.807) is 0 Å². The summed E-state index contributed by atoms with van der Waals surface area (Å²) >= 11 is 0. The smallest absolute Gasteiger partial charge is 0.457 e. The van der Waals surface area contributed by atoms with Gasteiger partial charge in [0.1, 0.15) is 5.76 Å². The maximum atomic E-state index is 14.9. The first-order valence-corrected chi connectivity index (χ1v) is 6.92. The summed E-state index contributed by atoms with van der Waals surface area (Å²) in [5, 5.41) is 0. The van der Waals surface area contributed by atoms with Gasteiger partial charge in [0.25, 0.3) is 0 Å². The average Bonchev–Trinajstić information content (AvgIpc) is 2.96. The lowest BCUT2D eigenvalue weighted by Crippen LogP contribution is -2.60. The van der Waals surface area contributed by atoms with Crippen LogP contribution in [0.4, 0.5) is 39.5 Å². The quantitative estimate of drug-likeness (QED) is 0.563. The zero-order valence-corrected chi connectivity index (χ0v) is 13.1. The lowest BCUT2D eigenvalue weighted by molar-refractivity contribution is -0.389. The van der Waals surface area contributed by atoms with E-state index in [4.69, 9.17) is 4.42 Å². The Morgan fingerprint density at radius 3 is 1.88 bits per heavy atom. The fourth-order valence-corrected chi connectivity index (χ4v) is 2.59. The molecule has 0 aliphatic carbocycles. The number of aryl methyl sites for hydroxylation is 2. The summed E-state index contributed by atoms with van der Waals surface area (Å²) in [5.74, 6) is -7.25. The Morgan fingerprint density at radius 1 is 0.885 bits per heavy atom. The monoisotopic (exact) mass is 389 g/mol. The highest BCUT2D eigenvalue weighted by atomic mass is 19.4. The maximum Gasteiger partial charge on any atom is 0.457 e. The van der Waals surface area contributed by atoms with Crippen molar-refractivity contribution in [3.05, 3.63) is 47.2 Å². The number of alkyl halides is 9. The minimum atomic E-state index is -6.79. The van der Waals surface area contributed by atoms with E-state index in [0.717, 1.165) is 32.2 Å². The molecule has 0 aliphatic heterocycles. The van der Waals surface area contributed by atoms with Crippen LogP contribution in [-0.4, -0.2) is 18.3 Å². The van der Waals surface area contributed by atoms with Crippen molar-refractivity contribution in [2.75, 3.05) is 0 Å². The summed E-state index contributed by atoms with van der Waals surface area (Å²) in [7, 11) is 0. The van der Waals surface area contributed by atoms with Crippen molar-refractivity contribution < 1.29 is 43.9 Å². The molecule has 0 saturated carbocycles. The van der Waals surface area contributed by atoms with Gasteiger partial charge in [0.15, 0.2) is 0 Å². The van der Waals surface area contributed by atoms with Gasteiger partial charge < -0.3 is 4.42 Å². The molecule has 1 radical (unpaired) electrons. The zero-order valence-electron chi connectivity index (χ0n) is 13.1. The van der Waals surface area contributed by atoms with Gasteiger partial charge in [-0.2, -0.15) is 35.1 Å². The van der Waals surface area contributed by atoms with Crippen LogP contribution < -0.4 is 0 Å². The number of benzene rings is 1. The molecule has 1 heterocycles. The van der Waals surface area contributed by atoms with Crippen LogP contribution in [0, 0.1) is 19.9 Å². The van der Waals surface area contributed by atoms with Crippen molar-refractivity contribution in [2.24, 2.45) is 0 Å². The first-order chi connectivity index (χ1) is 11.6. The lowest BCUT2D eigenvalue weighted by Gasteiger charge is -2.37. The lowest BCUT2D eigenvalue weighted by atomic mass is 9.81. The molecule has 143 valence electrons. The van der Waals surface area contributed by atoms with Crippen molar-refractivity contribution in [3.63, 3.8) is 0 Å². The largest absolute Gasteiger partial charge is 0.464 e. The van der Waals surface area contributed by atoms with Crippen LogP contribution in [0.25, 0.3) is 11.3 Å². The van der Waals surface area contributed by atoms with Gasteiger partial charge in [-0.3, -0.25) is 0 Å². The Balaban J connectivity index is 2.97. The Bertz CT molecular complexity index is 787. The summed E-state index contributed by atoms with van der Waals surface area (Å²) in [6.45, 7) is 2.18. The van der Waals surface area contributed by atoms with E-state index < -0.39 is 40.8 Å². The number of rotatable bonds is 3. The molecule has 2 aromatic rings. The second kappa shape index (κ2) is 5.95. The third kappa shape index (κ3) is 2.84. The summed E-state index contributed by atoms with van der Waals surface area (Å²) < 4.78 is 125. The van der Waals surface area contributed by atoms with Crippen LogP contribution in [0.15, 0.2) is 28.9 Å². The van der Waals surface area contributed by atoms with Crippen molar-refractivity contribution in [1.29, 1.82) is 0 Å². The van der Waals surface area contributed by atoms with Gasteiger partial charge in [-0.1, -0.05) is 6.07 Å². The van der Waals surface area contributed by atoms with Crippen LogP contribution in [0.2, 0.25) is 0 Å². The van der Waals surface area contributed by atoms with Gasteiger partial charge in [0.2, 0.25) is 0 Å². The second-order valence-corrected chi connectivity index (χ2v) is 5.57. The van der Waals surface area contributed by atoms with Crippen LogP contribution in [-0.2, 0) is 5.67 Å². The SMILES string of the molecule is Cc1[c]c(C)c(-c2ccco2)c(C(F)(C(F)(F)F)C(F)(F)C(F)(F)F)c1. The molecule has 0 amide bonds. The summed E-state index contributed by atoms with van der Waals surface area (Å²) in [4.78, 5) is 0. The molecule has 1 nitrogen and oxygen atoms in total. The van der Waals surface area contributed by atoms with Gasteiger partial charge in [-0.25, -0.2) is 4.39 Å². The van der Waals surface area contributed by atoms with E-state index >= 15 is 0 Å². The van der Waals surface area contributed by atoms with E-state index in [2.05, 4.69) is 6.07 Å². The van der Waals surface area contributed by atoms with Gasteiger partial charge in [-0.05, 0) is 43.2 Å². The number of hydrogen-bond donors (Lipinski definition) is 0. The number of hydrogen-bond acceptors (Lipinski definition) is 1. The molecule has 1 aromatic carbocycles. The predicted molar refractivity (Wildman–Crippen MR) is 72.3 cm³/mol. The number of halogens is 9. The maximum absolute atomic E-state index is 14.9. The van der Waals surface area contributed by atoms with Gasteiger partial charge in [0.05, 0.1) is 6.26 Å². The van der Waals surface area contributed by atoms with E-state index in [1.807, 2.05) is 0 Å². The average molecular weight is 389 g/mol. The van der Waals surface area contributed by atoms with Gasteiger partial charge >= 0.3 is 23.9 Å². The van der Waals surface area contributed by atoms with E-state index in [1.165, 1.54) is 0 Å². The summed E-state index contributed by atoms with van der Waals surface area (Å²) in [5.41, 5.74) is -9.33. The molecule has 0 aliphatic rings. The van der Waals surface area contributed by atoms with Gasteiger partial charge in [-0.15, -0.1) is 0 Å². The van der Waals surface area contributed by atoms with Crippen LogP contribution in [0.1, 0.15) is 16.7 Å². The van der Waals surface area contributed by atoms with Crippen LogP contribution >= 0.6 is 0 Å². The molecular weight excluding hydrogens is 379 g/mol. The highest BCUT2D eigenvalue weighted by molar-refractivity contribution is 5.69. The topological polar surface area (TPSA) is 13.1 Å². The Kier molecular flexibility index (Phi) is 4.62. The highest BCUT2D eigenvalue weighted by Crippen LogP contribution is 2.60. The van der Waals surface area contributed by atoms with Crippen molar-refractivity contribution in [3.8, 4) is 11.3 Å². The van der Waals surface area contributed by atoms with E-state index in [0.29, 0.717) is 0 Å². The van der Waals surface area contributed by atoms with Crippen LogP contribution in [0.5, 0.6) is 0 Å². The Morgan fingerprint density at radius 2 is 1.46 bits per heavy atom. The van der Waals surface area contributed by atoms with Crippen molar-refractivity contribution >= 4 is 0 Å². The molecule has 0 fully saturated rings. The summed E-state index contributed by atoms with van der Waals surface area (Å²) in [6.07, 6.45) is -12.4. The third-order valence-electron chi connectivity index (χ3n) is 3.71. The standard InChI is InChI=1S/C16H10F9O/c1-8-6-9(2)12(11-4-3-5-26-11)10(7-8)13(17,15(20,21)22)14(18,19)16(23,24)25/h3-5,7H,1-2H3. The minimum Gasteiger partial charge on any atom is -0.464 e. The number of furan rings is 1. The molecule has 0 spiro atoms. The second-order valence-electron chi connectivity index (χ2n) is 5.57. The highest BCUT2D eigenvalue weighted by Gasteiger charge is 2.82. The molecule has 26 heavy (non-hydrogen) atoms. The fourth-order valence-electron chi connectivity index (χ4n) is 2.59. The molecule has 1 atom stereocenters. The predicted octanol–water partition coefficient (Wildman–Crippen LogP) is 6.29. The van der Waals surface area contributed by atoms with E-state index in [-0.39, 0.29) is 17.2 Å². The Labute approximate surface area is 141 Å². The molecule has 0 saturated heterocycles. The van der Waals surface area contributed by atoms with Crippen molar-refractivity contribution in [1.82, 2.24) is 0 Å². The normalized spacial score (nSPS) is 15.8. The molecule has 1 aromatic heterocycles. The molecule has 0 N–H and O–H groups in total. The Hall–Kier alpha value is -2.13. The molecule has 10 heteroatoms. The third-order valence-corrected chi connectivity index (χ3v) is 3.71. The van der Waals surface area contributed by atoms with Crippen LogP contribution in [0.3, 0.4) is 0 Å².